The number of nitrogens with zero attached hydrogens (tertiary/aromatic N) is 1. The van der Waals surface area contributed by atoms with Crippen LogP contribution in [-0.4, -0.2) is 36.7 Å². The Hall–Kier alpha value is -1.13. The van der Waals surface area contributed by atoms with E-state index in [0.29, 0.717) is 12.0 Å². The van der Waals surface area contributed by atoms with Gasteiger partial charge in [-0.15, -0.1) is 0 Å². The third kappa shape index (κ3) is 4.76. The number of rotatable bonds is 4. The summed E-state index contributed by atoms with van der Waals surface area (Å²) in [5, 5.41) is 7.53. The third-order valence-electron chi connectivity index (χ3n) is 3.86. The van der Waals surface area contributed by atoms with Crippen molar-refractivity contribution in [3.8, 4) is 0 Å². The van der Waals surface area contributed by atoms with E-state index in [9.17, 15) is 0 Å². The van der Waals surface area contributed by atoms with Gasteiger partial charge in [-0.25, -0.2) is 0 Å². The molecular formula is C16H25N3S. The summed E-state index contributed by atoms with van der Waals surface area (Å²) in [6.07, 6.45) is 5.16. The Balaban J connectivity index is 1.88. The molecule has 1 aromatic rings. The highest BCUT2D eigenvalue weighted by Crippen LogP contribution is 2.25. The zero-order valence-corrected chi connectivity index (χ0v) is 13.2. The first kappa shape index (κ1) is 15.3. The SMILES string of the molecule is CN(C)C[C@H]1CCCC[C@H]1NC(=S)Nc1ccccc1. The van der Waals surface area contributed by atoms with Gasteiger partial charge in [-0.05, 0) is 57.2 Å². The number of hydrogen-bond acceptors (Lipinski definition) is 2. The highest BCUT2D eigenvalue weighted by molar-refractivity contribution is 7.80. The van der Waals surface area contributed by atoms with Crippen molar-refractivity contribution in [2.24, 2.45) is 5.92 Å². The summed E-state index contributed by atoms with van der Waals surface area (Å²) in [6, 6.07) is 10.6. The molecule has 1 aromatic carbocycles. The van der Waals surface area contributed by atoms with Gasteiger partial charge in [0.05, 0.1) is 0 Å². The predicted octanol–water partition coefficient (Wildman–Crippen LogP) is 3.09. The largest absolute Gasteiger partial charge is 0.359 e. The van der Waals surface area contributed by atoms with Crippen LogP contribution in [0, 0.1) is 5.92 Å². The molecule has 1 aliphatic rings. The summed E-state index contributed by atoms with van der Waals surface area (Å²) in [4.78, 5) is 2.28. The van der Waals surface area contributed by atoms with Crippen LogP contribution in [-0.2, 0) is 0 Å². The van der Waals surface area contributed by atoms with E-state index in [4.69, 9.17) is 12.2 Å². The maximum atomic E-state index is 5.45. The molecule has 2 rings (SSSR count). The maximum absolute atomic E-state index is 5.45. The molecule has 2 atom stereocenters. The van der Waals surface area contributed by atoms with Gasteiger partial charge in [0.1, 0.15) is 0 Å². The molecule has 0 unspecified atom stereocenters. The normalized spacial score (nSPS) is 22.6. The molecule has 0 heterocycles. The van der Waals surface area contributed by atoms with Crippen LogP contribution in [0.2, 0.25) is 0 Å². The summed E-state index contributed by atoms with van der Waals surface area (Å²) in [6.45, 7) is 1.13. The third-order valence-corrected chi connectivity index (χ3v) is 4.08. The van der Waals surface area contributed by atoms with Crippen LogP contribution < -0.4 is 10.6 Å². The molecule has 1 aliphatic carbocycles. The number of anilines is 1. The summed E-state index contributed by atoms with van der Waals surface area (Å²) >= 11 is 5.45. The van der Waals surface area contributed by atoms with Crippen LogP contribution in [0.15, 0.2) is 30.3 Å². The van der Waals surface area contributed by atoms with E-state index in [-0.39, 0.29) is 0 Å². The van der Waals surface area contributed by atoms with Gasteiger partial charge in [0.15, 0.2) is 5.11 Å². The molecule has 0 amide bonds. The summed E-state index contributed by atoms with van der Waals surface area (Å²) in [5.41, 5.74) is 1.05. The van der Waals surface area contributed by atoms with Crippen molar-refractivity contribution in [1.82, 2.24) is 10.2 Å². The molecule has 110 valence electrons. The Morgan fingerprint density at radius 1 is 1.20 bits per heavy atom. The van der Waals surface area contributed by atoms with E-state index in [1.807, 2.05) is 30.3 Å². The molecule has 1 fully saturated rings. The van der Waals surface area contributed by atoms with Crippen LogP contribution in [0.4, 0.5) is 5.69 Å². The molecule has 0 bridgehead atoms. The smallest absolute Gasteiger partial charge is 0.171 e. The Morgan fingerprint density at radius 2 is 1.90 bits per heavy atom. The van der Waals surface area contributed by atoms with Crippen molar-refractivity contribution in [1.29, 1.82) is 0 Å². The summed E-state index contributed by atoms with van der Waals surface area (Å²) in [7, 11) is 4.29. The Morgan fingerprint density at radius 3 is 2.60 bits per heavy atom. The van der Waals surface area contributed by atoms with Crippen molar-refractivity contribution in [3.63, 3.8) is 0 Å². The van der Waals surface area contributed by atoms with Gasteiger partial charge in [0, 0.05) is 18.3 Å². The second kappa shape index (κ2) is 7.60. The minimum Gasteiger partial charge on any atom is -0.359 e. The van der Waals surface area contributed by atoms with Crippen molar-refractivity contribution in [2.75, 3.05) is 26.0 Å². The van der Waals surface area contributed by atoms with Gasteiger partial charge in [-0.1, -0.05) is 31.0 Å². The van der Waals surface area contributed by atoms with Crippen molar-refractivity contribution >= 4 is 23.0 Å². The molecule has 0 saturated heterocycles. The Kier molecular flexibility index (Phi) is 5.80. The van der Waals surface area contributed by atoms with Crippen LogP contribution in [0.5, 0.6) is 0 Å². The monoisotopic (exact) mass is 291 g/mol. The number of thiocarbonyl (C=S) groups is 1. The first-order chi connectivity index (χ1) is 9.65. The Bertz CT molecular complexity index is 419. The molecule has 2 N–H and O–H groups in total. The zero-order chi connectivity index (χ0) is 14.4. The molecule has 0 spiro atoms. The van der Waals surface area contributed by atoms with E-state index in [0.717, 1.165) is 17.3 Å². The fourth-order valence-corrected chi connectivity index (χ4v) is 3.21. The van der Waals surface area contributed by atoms with Gasteiger partial charge >= 0.3 is 0 Å². The van der Waals surface area contributed by atoms with E-state index in [1.54, 1.807) is 0 Å². The van der Waals surface area contributed by atoms with Crippen molar-refractivity contribution < 1.29 is 0 Å². The number of benzene rings is 1. The van der Waals surface area contributed by atoms with Gasteiger partial charge in [-0.2, -0.15) is 0 Å². The molecule has 0 aromatic heterocycles. The average Bonchev–Trinajstić information content (AvgIpc) is 2.41. The quantitative estimate of drug-likeness (QED) is 0.834. The minimum absolute atomic E-state index is 0.495. The highest BCUT2D eigenvalue weighted by Gasteiger charge is 2.25. The van der Waals surface area contributed by atoms with Crippen molar-refractivity contribution in [2.45, 2.75) is 31.7 Å². The summed E-state index contributed by atoms with van der Waals surface area (Å²) in [5.74, 6) is 0.689. The Labute approximate surface area is 127 Å². The molecular weight excluding hydrogens is 266 g/mol. The van der Waals surface area contributed by atoms with E-state index in [1.165, 1.54) is 25.7 Å². The van der Waals surface area contributed by atoms with E-state index < -0.39 is 0 Å². The van der Waals surface area contributed by atoms with Crippen LogP contribution in [0.1, 0.15) is 25.7 Å². The standard InChI is InChI=1S/C16H25N3S/c1-19(2)12-13-8-6-7-11-15(13)18-16(20)17-14-9-4-3-5-10-14/h3-5,9-10,13,15H,6-8,11-12H2,1-2H3,(H2,17,18,20)/t13-,15-/m1/s1. The first-order valence-corrected chi connectivity index (χ1v) is 7.83. The van der Waals surface area contributed by atoms with Crippen molar-refractivity contribution in [3.05, 3.63) is 30.3 Å². The topological polar surface area (TPSA) is 27.3 Å². The molecule has 3 nitrogen and oxygen atoms in total. The van der Waals surface area contributed by atoms with Crippen LogP contribution in [0.3, 0.4) is 0 Å². The second-order valence-electron chi connectivity index (χ2n) is 5.88. The first-order valence-electron chi connectivity index (χ1n) is 7.42. The number of nitrogens with one attached hydrogen (secondary N) is 2. The fourth-order valence-electron chi connectivity index (χ4n) is 2.94. The highest BCUT2D eigenvalue weighted by atomic mass is 32.1. The van der Waals surface area contributed by atoms with E-state index in [2.05, 4.69) is 29.6 Å². The maximum Gasteiger partial charge on any atom is 0.171 e. The van der Waals surface area contributed by atoms with Crippen LogP contribution in [0.25, 0.3) is 0 Å². The van der Waals surface area contributed by atoms with Gasteiger partial charge in [0.2, 0.25) is 0 Å². The van der Waals surface area contributed by atoms with Crippen LogP contribution >= 0.6 is 12.2 Å². The van der Waals surface area contributed by atoms with Gasteiger partial charge in [0.25, 0.3) is 0 Å². The average molecular weight is 291 g/mol. The molecule has 0 radical (unpaired) electrons. The van der Waals surface area contributed by atoms with Gasteiger partial charge in [-0.3, -0.25) is 0 Å². The number of para-hydroxylation sites is 1. The van der Waals surface area contributed by atoms with E-state index >= 15 is 0 Å². The fraction of sp³-hybridized carbons (Fsp3) is 0.562. The lowest BCUT2D eigenvalue weighted by Gasteiger charge is -2.34. The molecule has 0 aliphatic heterocycles. The molecule has 4 heteroatoms. The number of hydrogen-bond donors (Lipinski definition) is 2. The lowest BCUT2D eigenvalue weighted by Crippen LogP contribution is -2.46. The van der Waals surface area contributed by atoms with Gasteiger partial charge < -0.3 is 15.5 Å². The summed E-state index contributed by atoms with van der Waals surface area (Å²) < 4.78 is 0. The lowest BCUT2D eigenvalue weighted by atomic mass is 9.84. The predicted molar refractivity (Wildman–Crippen MR) is 90.1 cm³/mol. The molecule has 1 saturated carbocycles. The second-order valence-corrected chi connectivity index (χ2v) is 6.29. The minimum atomic E-state index is 0.495. The molecule has 20 heavy (non-hydrogen) atoms. The lowest BCUT2D eigenvalue weighted by molar-refractivity contribution is 0.223. The zero-order valence-electron chi connectivity index (χ0n) is 12.4.